The minimum atomic E-state index is -1.10. The molecule has 1 rings (SSSR count). The molecule has 0 fully saturated rings. The van der Waals surface area contributed by atoms with E-state index in [4.69, 9.17) is 4.74 Å². The van der Waals surface area contributed by atoms with Gasteiger partial charge < -0.3 is 14.4 Å². The second-order valence-corrected chi connectivity index (χ2v) is 4.60. The molecule has 0 aliphatic carbocycles. The first-order chi connectivity index (χ1) is 6.50. The molecule has 0 heterocycles. The normalized spacial score (nSPS) is 12.9. The molecule has 1 aromatic rings. The molecule has 0 aromatic heterocycles. The molecule has 1 N–H and O–H groups in total. The van der Waals surface area contributed by atoms with E-state index in [-0.39, 0.29) is 11.9 Å². The van der Waals surface area contributed by atoms with Gasteiger partial charge in [-0.15, -0.1) is 0 Å². The fraction of sp³-hybridized carbons (Fsp3) is 0.400. The average molecular weight is 214 g/mol. The van der Waals surface area contributed by atoms with Gasteiger partial charge in [0.1, 0.15) is 12.0 Å². The van der Waals surface area contributed by atoms with Crippen LogP contribution in [-0.4, -0.2) is 22.0 Å². The molecule has 0 saturated heterocycles. The highest BCUT2D eigenvalue weighted by Crippen LogP contribution is 2.28. The quantitative estimate of drug-likeness (QED) is 0.782. The van der Waals surface area contributed by atoms with Gasteiger partial charge in [0, 0.05) is 12.1 Å². The van der Waals surface area contributed by atoms with Crippen LogP contribution in [0.15, 0.2) is 23.1 Å². The number of hydrogen-bond acceptors (Lipinski definition) is 3. The van der Waals surface area contributed by atoms with Crippen molar-refractivity contribution in [3.8, 4) is 11.5 Å². The summed E-state index contributed by atoms with van der Waals surface area (Å²) in [6.45, 7) is 3.76. The third-order valence-electron chi connectivity index (χ3n) is 1.60. The smallest absolute Gasteiger partial charge is 0.194 e. The number of hydrogen-bond donors (Lipinski definition) is 1. The van der Waals surface area contributed by atoms with Crippen molar-refractivity contribution >= 4 is 11.2 Å². The molecule has 0 radical (unpaired) electrons. The number of aromatic hydroxyl groups is 1. The summed E-state index contributed by atoms with van der Waals surface area (Å²) in [5.74, 6) is 0.607. The van der Waals surface area contributed by atoms with E-state index in [1.807, 2.05) is 13.8 Å². The fourth-order valence-corrected chi connectivity index (χ4v) is 1.73. The highest BCUT2D eigenvalue weighted by atomic mass is 32.2. The van der Waals surface area contributed by atoms with E-state index in [0.29, 0.717) is 10.6 Å². The van der Waals surface area contributed by atoms with Gasteiger partial charge in [-0.05, 0) is 31.1 Å². The maximum atomic E-state index is 11.3. The van der Waals surface area contributed by atoms with Crippen LogP contribution in [0.25, 0.3) is 0 Å². The van der Waals surface area contributed by atoms with E-state index in [1.54, 1.807) is 12.3 Å². The molecular weight excluding hydrogens is 200 g/mol. The summed E-state index contributed by atoms with van der Waals surface area (Å²) in [7, 11) is 0. The summed E-state index contributed by atoms with van der Waals surface area (Å²) in [5.41, 5.74) is 0. The van der Waals surface area contributed by atoms with Gasteiger partial charge in [-0.3, -0.25) is 0 Å². The van der Waals surface area contributed by atoms with Crippen molar-refractivity contribution in [2.24, 2.45) is 0 Å². The summed E-state index contributed by atoms with van der Waals surface area (Å²) in [4.78, 5) is 0.608. The maximum absolute atomic E-state index is 11.3. The van der Waals surface area contributed by atoms with Crippen LogP contribution in [-0.2, 0) is 11.2 Å². The Morgan fingerprint density at radius 1 is 1.43 bits per heavy atom. The molecule has 0 bridgehead atoms. The fourth-order valence-electron chi connectivity index (χ4n) is 1.08. The Hall–Kier alpha value is -0.870. The summed E-state index contributed by atoms with van der Waals surface area (Å²) < 4.78 is 16.7. The van der Waals surface area contributed by atoms with Crippen molar-refractivity contribution in [2.75, 3.05) is 6.26 Å². The van der Waals surface area contributed by atoms with Crippen LogP contribution in [0.3, 0.4) is 0 Å². The lowest BCUT2D eigenvalue weighted by molar-refractivity contribution is 0.235. The van der Waals surface area contributed by atoms with Crippen LogP contribution >= 0.6 is 0 Å². The number of rotatable bonds is 3. The van der Waals surface area contributed by atoms with Crippen molar-refractivity contribution in [2.45, 2.75) is 24.8 Å². The van der Waals surface area contributed by atoms with Crippen LogP contribution in [0.2, 0.25) is 0 Å². The van der Waals surface area contributed by atoms with Gasteiger partial charge in [0.05, 0.1) is 6.10 Å². The summed E-state index contributed by atoms with van der Waals surface area (Å²) in [5, 5.41) is 9.25. The minimum absolute atomic E-state index is 0.000833. The van der Waals surface area contributed by atoms with E-state index in [9.17, 15) is 9.66 Å². The second kappa shape index (κ2) is 4.57. The van der Waals surface area contributed by atoms with Gasteiger partial charge >= 0.3 is 0 Å². The SMILES string of the molecule is CC(C)Oc1cc(O)ccc1[S@+](C)[O-]. The lowest BCUT2D eigenvalue weighted by Crippen LogP contribution is -2.09. The van der Waals surface area contributed by atoms with Crippen LogP contribution in [0, 0.1) is 0 Å². The topological polar surface area (TPSA) is 52.5 Å². The van der Waals surface area contributed by atoms with Gasteiger partial charge in [-0.25, -0.2) is 0 Å². The van der Waals surface area contributed by atoms with E-state index < -0.39 is 11.2 Å². The molecule has 14 heavy (non-hydrogen) atoms. The van der Waals surface area contributed by atoms with Crippen LogP contribution < -0.4 is 4.74 Å². The lowest BCUT2D eigenvalue weighted by atomic mass is 10.3. The number of ether oxygens (including phenoxy) is 1. The molecule has 0 aliphatic heterocycles. The maximum Gasteiger partial charge on any atom is 0.194 e. The molecule has 1 atom stereocenters. The van der Waals surface area contributed by atoms with E-state index in [1.165, 1.54) is 12.1 Å². The van der Waals surface area contributed by atoms with E-state index in [2.05, 4.69) is 0 Å². The van der Waals surface area contributed by atoms with Gasteiger partial charge in [-0.1, -0.05) is 0 Å². The zero-order chi connectivity index (χ0) is 10.7. The molecular formula is C10H14O3S. The molecule has 0 saturated carbocycles. The Labute approximate surface area is 86.9 Å². The largest absolute Gasteiger partial charge is 0.612 e. The van der Waals surface area contributed by atoms with Gasteiger partial charge in [0.25, 0.3) is 0 Å². The highest BCUT2D eigenvalue weighted by Gasteiger charge is 2.14. The van der Waals surface area contributed by atoms with Gasteiger partial charge in [0.2, 0.25) is 0 Å². The molecule has 78 valence electrons. The standard InChI is InChI=1S/C10H14O3S/c1-7(2)13-9-6-8(11)4-5-10(9)14(3)12/h4-7,11H,1-3H3/t14-/m0/s1. The number of phenolic OH excluding ortho intramolecular Hbond substituents is 1. The predicted molar refractivity (Wildman–Crippen MR) is 56.2 cm³/mol. The molecule has 0 aliphatic rings. The molecule has 0 unspecified atom stereocenters. The second-order valence-electron chi connectivity index (χ2n) is 3.25. The van der Waals surface area contributed by atoms with Gasteiger partial charge in [-0.2, -0.15) is 0 Å². The summed E-state index contributed by atoms with van der Waals surface area (Å²) in [6, 6.07) is 4.60. The van der Waals surface area contributed by atoms with Crippen LogP contribution in [0.1, 0.15) is 13.8 Å². The first-order valence-corrected chi connectivity index (χ1v) is 5.89. The van der Waals surface area contributed by atoms with E-state index >= 15 is 0 Å². The predicted octanol–water partition coefficient (Wildman–Crippen LogP) is 1.92. The third-order valence-corrected chi connectivity index (χ3v) is 2.56. The Bertz CT molecular complexity index is 310. The summed E-state index contributed by atoms with van der Waals surface area (Å²) in [6.07, 6.45) is 1.58. The Morgan fingerprint density at radius 3 is 2.57 bits per heavy atom. The monoisotopic (exact) mass is 214 g/mol. The zero-order valence-electron chi connectivity index (χ0n) is 8.48. The van der Waals surface area contributed by atoms with Gasteiger partial charge in [0.15, 0.2) is 10.6 Å². The van der Waals surface area contributed by atoms with E-state index in [0.717, 1.165) is 0 Å². The first-order valence-electron chi connectivity index (χ1n) is 4.34. The Balaban J connectivity index is 3.03. The lowest BCUT2D eigenvalue weighted by Gasteiger charge is -2.14. The number of phenols is 1. The van der Waals surface area contributed by atoms with Crippen molar-refractivity contribution in [1.82, 2.24) is 0 Å². The summed E-state index contributed by atoms with van der Waals surface area (Å²) >= 11 is -1.10. The molecule has 0 spiro atoms. The van der Waals surface area contributed by atoms with Crippen LogP contribution in [0.4, 0.5) is 0 Å². The first kappa shape index (κ1) is 11.2. The van der Waals surface area contributed by atoms with Crippen LogP contribution in [0.5, 0.6) is 11.5 Å². The number of benzene rings is 1. The Morgan fingerprint density at radius 2 is 2.07 bits per heavy atom. The highest BCUT2D eigenvalue weighted by molar-refractivity contribution is 7.90. The average Bonchev–Trinajstić information content (AvgIpc) is 2.01. The minimum Gasteiger partial charge on any atom is -0.612 e. The van der Waals surface area contributed by atoms with Crippen molar-refractivity contribution in [3.63, 3.8) is 0 Å². The van der Waals surface area contributed by atoms with Crippen molar-refractivity contribution in [1.29, 1.82) is 0 Å². The molecule has 1 aromatic carbocycles. The third kappa shape index (κ3) is 2.82. The zero-order valence-corrected chi connectivity index (χ0v) is 9.30. The molecule has 4 heteroatoms. The molecule has 3 nitrogen and oxygen atoms in total. The molecule has 0 amide bonds. The van der Waals surface area contributed by atoms with Crippen molar-refractivity contribution < 1.29 is 14.4 Å². The van der Waals surface area contributed by atoms with Crippen molar-refractivity contribution in [3.05, 3.63) is 18.2 Å². The Kier molecular flexibility index (Phi) is 3.66.